The molecule has 111 heavy (non-hydrogen) atoms. The molecular formula is C74H97N21O16. The van der Waals surface area contributed by atoms with Crippen molar-refractivity contribution in [3.8, 4) is 5.75 Å². The van der Waals surface area contributed by atoms with Gasteiger partial charge >= 0.3 is 5.97 Å². The summed E-state index contributed by atoms with van der Waals surface area (Å²) < 4.78 is 0. The van der Waals surface area contributed by atoms with Crippen LogP contribution in [-0.4, -0.2) is 227 Å². The maximum Gasteiger partial charge on any atom is 0.317 e. The monoisotopic (exact) mass is 1540 g/mol. The fraction of sp³-hybridized carbons (Fsp3) is 0.446. The van der Waals surface area contributed by atoms with E-state index in [1.165, 1.54) is 54.0 Å². The number of likely N-dealkylation sites (tertiary alicyclic amines) is 1. The van der Waals surface area contributed by atoms with Crippen molar-refractivity contribution in [3.63, 3.8) is 0 Å². The lowest BCUT2D eigenvalue weighted by Gasteiger charge is -2.31. The number of aliphatic carboxylic acids is 1. The number of hydrogen-bond donors (Lipinski definition) is 19. The molecule has 2 fully saturated rings. The number of pyridine rings is 2. The summed E-state index contributed by atoms with van der Waals surface area (Å²) in [5.41, 5.74) is 14.0. The zero-order chi connectivity index (χ0) is 80.1. The number of carbonyl (C=O) groups is 13. The molecule has 6 heterocycles. The largest absolute Gasteiger partial charge is 0.508 e. The van der Waals surface area contributed by atoms with Gasteiger partial charge in [0.05, 0.1) is 48.7 Å². The van der Waals surface area contributed by atoms with Crippen molar-refractivity contribution in [2.24, 2.45) is 17.4 Å². The number of aliphatic hydroxyl groups excluding tert-OH is 1. The molecule has 2 aromatic carbocycles. The summed E-state index contributed by atoms with van der Waals surface area (Å²) in [7, 11) is 0. The molecule has 2 aliphatic heterocycles. The number of aromatic amines is 2. The van der Waals surface area contributed by atoms with Gasteiger partial charge in [-0.25, -0.2) is 4.98 Å². The average molecular weight is 1540 g/mol. The minimum Gasteiger partial charge on any atom is -0.508 e. The Labute approximate surface area is 638 Å². The highest BCUT2D eigenvalue weighted by molar-refractivity contribution is 6.00. The van der Waals surface area contributed by atoms with Crippen LogP contribution in [-0.2, 0) is 89.9 Å². The Hall–Kier alpha value is -12.4. The van der Waals surface area contributed by atoms with Crippen molar-refractivity contribution >= 4 is 93.7 Å². The van der Waals surface area contributed by atoms with E-state index in [-0.39, 0.29) is 145 Å². The number of fused-ring (bicyclic) bond motifs is 1. The Morgan fingerprint density at radius 2 is 1.27 bits per heavy atom. The van der Waals surface area contributed by atoms with E-state index in [9.17, 15) is 68.1 Å². The quantitative estimate of drug-likeness (QED) is 0.0108. The van der Waals surface area contributed by atoms with Crippen LogP contribution in [0.4, 0.5) is 0 Å². The number of hydrogen-bond acceptors (Lipinski definition) is 20. The molecule has 0 radical (unpaired) electrons. The number of primary amides is 1. The van der Waals surface area contributed by atoms with Crippen LogP contribution in [0.15, 0.2) is 110 Å². The van der Waals surface area contributed by atoms with Crippen LogP contribution in [0.2, 0.25) is 0 Å². The highest BCUT2D eigenvalue weighted by atomic mass is 16.4. The number of nitrogens with zero attached hydrogens (tertiary/aromatic N) is 5. The number of nitrogens with one attached hydrogen (secondary N) is 14. The maximum atomic E-state index is 15.2. The zero-order valence-corrected chi connectivity index (χ0v) is 61.6. The first-order chi connectivity index (χ1) is 53.2. The molecule has 6 aromatic rings. The average Bonchev–Trinajstić information content (AvgIpc) is 1.71. The molecule has 594 valence electrons. The van der Waals surface area contributed by atoms with Crippen molar-refractivity contribution in [1.29, 1.82) is 5.41 Å². The van der Waals surface area contributed by atoms with E-state index in [0.29, 0.717) is 45.5 Å². The predicted molar refractivity (Wildman–Crippen MR) is 400 cm³/mol. The number of aliphatic hydroxyl groups is 1. The number of guanidine groups is 1. The van der Waals surface area contributed by atoms with E-state index in [0.717, 1.165) is 0 Å². The summed E-state index contributed by atoms with van der Waals surface area (Å²) in [6.45, 7) is 2.21. The number of aromatic hydroxyl groups is 1. The second-order valence-corrected chi connectivity index (χ2v) is 27.6. The smallest absolute Gasteiger partial charge is 0.317 e. The van der Waals surface area contributed by atoms with E-state index in [2.05, 4.69) is 83.4 Å². The highest BCUT2D eigenvalue weighted by Crippen LogP contribution is 2.23. The second-order valence-electron chi connectivity index (χ2n) is 27.6. The van der Waals surface area contributed by atoms with E-state index in [1.807, 2.05) is 0 Å². The molecule has 0 aliphatic carbocycles. The van der Waals surface area contributed by atoms with E-state index in [4.69, 9.17) is 16.9 Å². The third-order valence-corrected chi connectivity index (χ3v) is 18.5. The Bertz CT molecular complexity index is 4220. The Morgan fingerprint density at radius 1 is 0.640 bits per heavy atom. The first-order valence-electron chi connectivity index (χ1n) is 36.6. The number of benzene rings is 2. The van der Waals surface area contributed by atoms with Gasteiger partial charge < -0.3 is 100 Å². The molecule has 2 saturated heterocycles. The van der Waals surface area contributed by atoms with Crippen molar-refractivity contribution in [1.82, 2.24) is 93.2 Å². The Balaban J connectivity index is 1.04. The summed E-state index contributed by atoms with van der Waals surface area (Å²) in [4.78, 5) is 201. The van der Waals surface area contributed by atoms with Gasteiger partial charge in [-0.05, 0) is 117 Å². The topological polar surface area (TPSA) is 568 Å². The van der Waals surface area contributed by atoms with Crippen molar-refractivity contribution < 1.29 is 77.6 Å². The number of phenols is 1. The van der Waals surface area contributed by atoms with Crippen LogP contribution < -0.4 is 70.0 Å². The molecule has 4 aromatic heterocycles. The fourth-order valence-corrected chi connectivity index (χ4v) is 12.8. The number of amides is 12. The summed E-state index contributed by atoms with van der Waals surface area (Å²) in [6.07, 6.45) is 7.70. The molecule has 9 atom stereocenters. The normalized spacial score (nSPS) is 15.8. The number of phenolic OH excluding ortho intramolecular Hbond substituents is 1. The summed E-state index contributed by atoms with van der Waals surface area (Å²) in [5.74, 6) is -11.3. The first-order valence-corrected chi connectivity index (χ1v) is 36.6. The number of nitrogens with two attached hydrogens (primary N) is 2. The lowest BCUT2D eigenvalue weighted by molar-refractivity contribution is -0.142. The third kappa shape index (κ3) is 26.5. The molecule has 8 rings (SSSR count). The molecule has 0 saturated carbocycles. The van der Waals surface area contributed by atoms with Crippen molar-refractivity contribution in [3.05, 3.63) is 144 Å². The molecule has 0 bridgehead atoms. The molecule has 37 heteroatoms. The summed E-state index contributed by atoms with van der Waals surface area (Å²) >= 11 is 0. The fourth-order valence-electron chi connectivity index (χ4n) is 12.8. The number of unbranched alkanes of at least 4 members (excludes halogenated alkanes) is 1. The van der Waals surface area contributed by atoms with Crippen LogP contribution in [0.3, 0.4) is 0 Å². The summed E-state index contributed by atoms with van der Waals surface area (Å²) in [6, 6.07) is 8.35. The van der Waals surface area contributed by atoms with E-state index >= 15 is 9.59 Å². The molecular weight excluding hydrogens is 1440 g/mol. The highest BCUT2D eigenvalue weighted by Gasteiger charge is 2.40. The number of carboxylic acid groups (broad SMARTS) is 1. The van der Waals surface area contributed by atoms with Gasteiger partial charge in [-0.15, -0.1) is 0 Å². The minimum atomic E-state index is -1.85. The van der Waals surface area contributed by atoms with Gasteiger partial charge in [-0.1, -0.05) is 50.2 Å². The Kier molecular flexibility index (Phi) is 31.7. The second kappa shape index (κ2) is 41.8. The van der Waals surface area contributed by atoms with Crippen LogP contribution in [0.25, 0.3) is 10.9 Å². The van der Waals surface area contributed by atoms with Gasteiger partial charge in [0, 0.05) is 94.1 Å². The number of rotatable bonds is 43. The lowest BCUT2D eigenvalue weighted by Crippen LogP contribution is -2.61. The number of aromatic nitrogens is 5. The van der Waals surface area contributed by atoms with Gasteiger partial charge in [0.25, 0.3) is 5.91 Å². The minimum absolute atomic E-state index is 0.0172. The first kappa shape index (κ1) is 84.2. The van der Waals surface area contributed by atoms with E-state index in [1.54, 1.807) is 79.7 Å². The maximum absolute atomic E-state index is 15.2. The zero-order valence-electron chi connectivity index (χ0n) is 61.6. The number of H-pyrrole nitrogens is 2. The number of imidazole rings is 1. The van der Waals surface area contributed by atoms with Gasteiger partial charge in [-0.3, -0.25) is 82.6 Å². The SMILES string of the molecule is CC(C)C[C@H](NC(=O)[C@@H](CCCCNC(=O)c1ccc(CN(CC(=O)O)Cc2ccccn2)nc1)NC(=O)[C@H](Cc1ccc(O)cc1)NC(=O)[C@H](CO)NC(=O)[C@H](Cc1c[nH]c2ccccc12)NC(=O)[C@H](Cc1c[nH]cn1)NC(=O)[C@@H]1CCC(=O)N1)C(=O)N[C@@H](CCCNC(=N)N)C(=O)N1CCC[C@H]1C(=O)NCC(N)=O. The van der Waals surface area contributed by atoms with Crippen LogP contribution >= 0.6 is 0 Å². The number of carboxylic acids is 1. The standard InChI is InChI=1S/C74H97N21O16/c1-42(2)29-55(67(105)88-54(15-9-27-81-74(76)77)73(111)95-28-10-16-60(95)72(110)84-36-61(75)98)89-65(103)52(14-6-8-26-80-64(102)44-19-20-47(82-33-44)38-94(39-63(100)101)37-46-11-5-7-25-79-46)87-68(106)56(30-43-17-21-49(97)22-18-43)90-71(109)59(40-96)93-69(107)57(31-45-34-83-51-13-4-3-12-50(45)51)91-70(108)58(32-48-35-78-41-85-48)92-66(104)53-23-24-62(99)86-53/h3-5,7,11-13,17-22,25,33-35,41-42,52-60,83,96-97H,6,8-10,14-16,23-24,26-32,36-40H2,1-2H3,(H2,75,98)(H,78,85)(H,80,102)(H,84,110)(H,86,99)(H,87,106)(H,88,105)(H,89,103)(H,90,109)(H,91,108)(H,92,104)(H,93,107)(H,100,101)(H4,76,77,81)/t52-,53+,54+,55+,56+,57+,58+,59+,60+/m1/s1. The Morgan fingerprint density at radius 3 is 1.91 bits per heavy atom. The third-order valence-electron chi connectivity index (χ3n) is 18.5. The summed E-state index contributed by atoms with van der Waals surface area (Å²) in [5, 5.41) is 68.4. The molecule has 0 unspecified atom stereocenters. The van der Waals surface area contributed by atoms with Crippen LogP contribution in [0.1, 0.15) is 117 Å². The predicted octanol–water partition coefficient (Wildman–Crippen LogP) is -2.33. The van der Waals surface area contributed by atoms with Crippen LogP contribution in [0, 0.1) is 11.3 Å². The molecule has 21 N–H and O–H groups in total. The molecule has 2 aliphatic rings. The number of carbonyl (C=O) groups excluding carboxylic acids is 12. The van der Waals surface area contributed by atoms with Crippen molar-refractivity contribution in [2.75, 3.05) is 39.3 Å². The molecule has 12 amide bonds. The lowest BCUT2D eigenvalue weighted by atomic mass is 10.00. The van der Waals surface area contributed by atoms with Crippen molar-refractivity contribution in [2.45, 2.75) is 165 Å². The van der Waals surface area contributed by atoms with Gasteiger partial charge in [-0.2, -0.15) is 0 Å². The van der Waals surface area contributed by atoms with Gasteiger partial charge in [0.1, 0.15) is 60.1 Å². The van der Waals surface area contributed by atoms with Gasteiger partial charge in [0.2, 0.25) is 65.0 Å². The van der Waals surface area contributed by atoms with Gasteiger partial charge in [0.15, 0.2) is 5.96 Å². The van der Waals surface area contributed by atoms with E-state index < -0.39 is 138 Å². The molecule has 0 spiro atoms. The molecule has 37 nitrogen and oxygen atoms in total. The van der Waals surface area contributed by atoms with Crippen LogP contribution in [0.5, 0.6) is 5.75 Å². The number of para-hydroxylation sites is 1.